The van der Waals surface area contributed by atoms with Crippen LogP contribution < -0.4 is 4.90 Å². The van der Waals surface area contributed by atoms with E-state index in [4.69, 9.17) is 0 Å². The summed E-state index contributed by atoms with van der Waals surface area (Å²) in [6, 6.07) is 66.1. The normalized spacial score (nSPS) is 11.7. The maximum Gasteiger partial charge on any atom is 0.0634 e. The molecule has 0 spiro atoms. The van der Waals surface area contributed by atoms with Crippen molar-refractivity contribution in [3.63, 3.8) is 0 Å². The third kappa shape index (κ3) is 4.47. The number of hydrogen-bond acceptors (Lipinski definition) is 2. The van der Waals surface area contributed by atoms with E-state index >= 15 is 0 Å². The van der Waals surface area contributed by atoms with Crippen LogP contribution >= 0.6 is 11.3 Å². The number of anilines is 3. The van der Waals surface area contributed by atoms with Gasteiger partial charge < -0.3 is 9.47 Å². The van der Waals surface area contributed by atoms with Crippen LogP contribution in [0.1, 0.15) is 0 Å². The van der Waals surface area contributed by atoms with E-state index < -0.39 is 0 Å². The summed E-state index contributed by atoms with van der Waals surface area (Å²) in [4.78, 5) is 2.40. The SMILES string of the molecule is c1ccc(-c2ccc(-n3c4ccc(N(c5ccccc5)c5cccc6ccccc56)cc4c4ccc5sc6ccccc6c5c43)cc2)cc1. The summed E-state index contributed by atoms with van der Waals surface area (Å²) in [5.41, 5.74) is 9.47. The number of rotatable bonds is 5. The summed E-state index contributed by atoms with van der Waals surface area (Å²) in [6.07, 6.45) is 0. The molecular weight excluding hydrogens is 613 g/mol. The van der Waals surface area contributed by atoms with Gasteiger partial charge in [-0.05, 0) is 77.2 Å². The van der Waals surface area contributed by atoms with Crippen molar-refractivity contribution in [2.45, 2.75) is 0 Å². The Kier molecular flexibility index (Phi) is 6.39. The first-order valence-electron chi connectivity index (χ1n) is 16.7. The van der Waals surface area contributed by atoms with Crippen molar-refractivity contribution in [1.29, 1.82) is 0 Å². The predicted molar refractivity (Wildman–Crippen MR) is 211 cm³/mol. The van der Waals surface area contributed by atoms with Gasteiger partial charge in [0.15, 0.2) is 0 Å². The van der Waals surface area contributed by atoms with E-state index in [1.807, 2.05) is 11.3 Å². The van der Waals surface area contributed by atoms with E-state index in [9.17, 15) is 0 Å². The molecule has 10 rings (SSSR count). The Hall–Kier alpha value is -6.16. The van der Waals surface area contributed by atoms with E-state index in [-0.39, 0.29) is 0 Å². The number of aromatic nitrogens is 1. The van der Waals surface area contributed by atoms with Gasteiger partial charge >= 0.3 is 0 Å². The lowest BCUT2D eigenvalue weighted by Crippen LogP contribution is -2.10. The summed E-state index contributed by atoms with van der Waals surface area (Å²) in [5.74, 6) is 0. The standard InChI is InChI=1S/C46H30N2S/c1-3-12-31(13-4-1)32-22-24-35(25-23-32)48-42-28-26-36(30-40(42)38-27-29-44-45(46(38)48)39-19-9-10-21-43(39)49-44)47(34-16-5-2-6-17-34)41-20-11-15-33-14-7-8-18-37(33)41/h1-30H. The van der Waals surface area contributed by atoms with Crippen LogP contribution in [0, 0.1) is 0 Å². The molecule has 10 aromatic rings. The van der Waals surface area contributed by atoms with Gasteiger partial charge in [0.25, 0.3) is 0 Å². The molecule has 2 aromatic heterocycles. The van der Waals surface area contributed by atoms with Crippen molar-refractivity contribution in [3.8, 4) is 16.8 Å². The van der Waals surface area contributed by atoms with Crippen LogP contribution in [0.3, 0.4) is 0 Å². The fourth-order valence-corrected chi connectivity index (χ4v) is 8.66. The zero-order chi connectivity index (χ0) is 32.3. The molecule has 2 heterocycles. The minimum atomic E-state index is 1.13. The molecule has 0 saturated carbocycles. The van der Waals surface area contributed by atoms with Crippen LogP contribution in [0.4, 0.5) is 17.1 Å². The number of nitrogens with zero attached hydrogens (tertiary/aromatic N) is 2. The molecule has 3 heteroatoms. The molecule has 49 heavy (non-hydrogen) atoms. The van der Waals surface area contributed by atoms with Crippen molar-refractivity contribution in [2.24, 2.45) is 0 Å². The van der Waals surface area contributed by atoms with E-state index in [2.05, 4.69) is 191 Å². The number of fused-ring (bicyclic) bond motifs is 8. The topological polar surface area (TPSA) is 8.17 Å². The molecule has 0 unspecified atom stereocenters. The molecule has 0 fully saturated rings. The first kappa shape index (κ1) is 27.9. The van der Waals surface area contributed by atoms with Crippen molar-refractivity contribution >= 4 is 81.1 Å². The molecule has 0 aliphatic heterocycles. The van der Waals surface area contributed by atoms with Crippen LogP contribution in [-0.4, -0.2) is 4.57 Å². The van der Waals surface area contributed by atoms with Gasteiger partial charge in [-0.3, -0.25) is 0 Å². The molecule has 0 saturated heterocycles. The van der Waals surface area contributed by atoms with Crippen molar-refractivity contribution < 1.29 is 0 Å². The third-order valence-electron chi connectivity index (χ3n) is 9.76. The Morgan fingerprint density at radius 1 is 0.429 bits per heavy atom. The van der Waals surface area contributed by atoms with Crippen molar-refractivity contribution in [2.75, 3.05) is 4.90 Å². The quantitative estimate of drug-likeness (QED) is 0.181. The number of benzene rings is 8. The van der Waals surface area contributed by atoms with Gasteiger partial charge in [-0.1, -0.05) is 121 Å². The van der Waals surface area contributed by atoms with Gasteiger partial charge in [-0.2, -0.15) is 0 Å². The van der Waals surface area contributed by atoms with Crippen LogP contribution in [-0.2, 0) is 0 Å². The average molecular weight is 643 g/mol. The van der Waals surface area contributed by atoms with E-state index in [0.29, 0.717) is 0 Å². The molecule has 0 aliphatic carbocycles. The molecule has 0 atom stereocenters. The molecule has 230 valence electrons. The Balaban J connectivity index is 1.26. The van der Waals surface area contributed by atoms with Gasteiger partial charge in [0.2, 0.25) is 0 Å². The highest BCUT2D eigenvalue weighted by Crippen LogP contribution is 2.46. The van der Waals surface area contributed by atoms with Gasteiger partial charge in [-0.25, -0.2) is 0 Å². The van der Waals surface area contributed by atoms with Crippen LogP contribution in [0.5, 0.6) is 0 Å². The minimum Gasteiger partial charge on any atom is -0.310 e. The smallest absolute Gasteiger partial charge is 0.0634 e. The molecule has 0 amide bonds. The first-order chi connectivity index (χ1) is 24.3. The largest absolute Gasteiger partial charge is 0.310 e. The number of para-hydroxylation sites is 1. The monoisotopic (exact) mass is 642 g/mol. The summed E-state index contributed by atoms with van der Waals surface area (Å²) in [5, 5.41) is 7.56. The Morgan fingerprint density at radius 2 is 1.12 bits per heavy atom. The molecular formula is C46H30N2S. The van der Waals surface area contributed by atoms with Gasteiger partial charge in [0.05, 0.1) is 16.7 Å². The lowest BCUT2D eigenvalue weighted by atomic mass is 10.0. The second-order valence-electron chi connectivity index (χ2n) is 12.6. The fourth-order valence-electron chi connectivity index (χ4n) is 7.55. The van der Waals surface area contributed by atoms with Gasteiger partial charge in [0, 0.05) is 53.4 Å². The first-order valence-corrected chi connectivity index (χ1v) is 17.5. The third-order valence-corrected chi connectivity index (χ3v) is 10.9. The summed E-state index contributed by atoms with van der Waals surface area (Å²) >= 11 is 1.87. The fraction of sp³-hybridized carbons (Fsp3) is 0. The Bertz CT molecular complexity index is 2810. The van der Waals surface area contributed by atoms with Crippen molar-refractivity contribution in [3.05, 3.63) is 182 Å². The summed E-state index contributed by atoms with van der Waals surface area (Å²) in [6.45, 7) is 0. The second kappa shape index (κ2) is 11.2. The average Bonchev–Trinajstić information content (AvgIpc) is 3.71. The second-order valence-corrected chi connectivity index (χ2v) is 13.6. The highest BCUT2D eigenvalue weighted by Gasteiger charge is 2.21. The molecule has 8 aromatic carbocycles. The Morgan fingerprint density at radius 3 is 1.96 bits per heavy atom. The zero-order valence-electron chi connectivity index (χ0n) is 26.6. The highest BCUT2D eigenvalue weighted by atomic mass is 32.1. The lowest BCUT2D eigenvalue weighted by Gasteiger charge is -2.27. The molecule has 0 aliphatic rings. The number of hydrogen-bond donors (Lipinski definition) is 0. The number of thiophene rings is 1. The van der Waals surface area contributed by atoms with Crippen molar-refractivity contribution in [1.82, 2.24) is 4.57 Å². The maximum atomic E-state index is 2.48. The maximum absolute atomic E-state index is 2.48. The summed E-state index contributed by atoms with van der Waals surface area (Å²) < 4.78 is 5.10. The lowest BCUT2D eigenvalue weighted by molar-refractivity contribution is 1.19. The van der Waals surface area contributed by atoms with E-state index in [1.165, 1.54) is 63.9 Å². The minimum absolute atomic E-state index is 1.13. The van der Waals surface area contributed by atoms with Gasteiger partial charge in [0.1, 0.15) is 0 Å². The predicted octanol–water partition coefficient (Wildman–Crippen LogP) is 13.4. The van der Waals surface area contributed by atoms with Crippen LogP contribution in [0.15, 0.2) is 182 Å². The van der Waals surface area contributed by atoms with Crippen LogP contribution in [0.2, 0.25) is 0 Å². The molecule has 0 radical (unpaired) electrons. The van der Waals surface area contributed by atoms with Gasteiger partial charge in [-0.15, -0.1) is 11.3 Å². The molecule has 0 N–H and O–H groups in total. The van der Waals surface area contributed by atoms with Crippen LogP contribution in [0.25, 0.3) is 69.6 Å². The zero-order valence-corrected chi connectivity index (χ0v) is 27.4. The van der Waals surface area contributed by atoms with E-state index in [1.54, 1.807) is 0 Å². The highest BCUT2D eigenvalue weighted by molar-refractivity contribution is 7.26. The summed E-state index contributed by atoms with van der Waals surface area (Å²) in [7, 11) is 0. The molecule has 2 nitrogen and oxygen atoms in total. The van der Waals surface area contributed by atoms with E-state index in [0.717, 1.165) is 22.7 Å². The molecule has 0 bridgehead atoms. The Labute approximate surface area is 288 Å².